The van der Waals surface area contributed by atoms with Crippen LogP contribution >= 0.6 is 0 Å². The smallest absolute Gasteiger partial charge is 0.252 e. The summed E-state index contributed by atoms with van der Waals surface area (Å²) in [4.78, 5) is 34.1. The van der Waals surface area contributed by atoms with E-state index in [1.165, 1.54) is 6.20 Å². The van der Waals surface area contributed by atoms with E-state index in [4.69, 9.17) is 5.53 Å². The van der Waals surface area contributed by atoms with E-state index in [9.17, 15) is 9.59 Å². The molecular weight excluding hydrogens is 368 g/mol. The molecule has 2 N–H and O–H groups in total. The second-order valence-corrected chi connectivity index (χ2v) is 6.91. The van der Waals surface area contributed by atoms with E-state index in [2.05, 4.69) is 32.3 Å². The molecule has 8 nitrogen and oxygen atoms in total. The summed E-state index contributed by atoms with van der Waals surface area (Å²) >= 11 is 0. The highest BCUT2D eigenvalue weighted by Gasteiger charge is 2.07. The van der Waals surface area contributed by atoms with Crippen molar-refractivity contribution in [2.45, 2.75) is 32.1 Å². The quantitative estimate of drug-likeness (QED) is 0.305. The standard InChI is InChI=1S/C21H28N6O2/c1-27(13-4-2-3-8-19(28)17-7-5-11-23-15-17)14-6-12-24-21(29)18-9-10-20(26-22)25-16-18/h5,7,9-11,15-16,22H,2-4,6,8,12-14H2,1H3,(H,24,29). The van der Waals surface area contributed by atoms with E-state index in [1.807, 2.05) is 0 Å². The number of ketones is 1. The number of carbonyl (C=O) groups is 2. The Hall–Kier alpha value is -3.00. The second-order valence-electron chi connectivity index (χ2n) is 6.91. The molecule has 0 atom stereocenters. The molecule has 0 saturated heterocycles. The van der Waals surface area contributed by atoms with Gasteiger partial charge in [-0.15, -0.1) is 5.11 Å². The van der Waals surface area contributed by atoms with Crippen LogP contribution in [-0.4, -0.2) is 53.2 Å². The number of pyridine rings is 2. The normalized spacial score (nSPS) is 10.7. The van der Waals surface area contributed by atoms with Crippen molar-refractivity contribution in [2.24, 2.45) is 5.11 Å². The first-order chi connectivity index (χ1) is 14.1. The topological polar surface area (TPSA) is 111 Å². The number of aromatic nitrogens is 2. The van der Waals surface area contributed by atoms with Crippen LogP contribution < -0.4 is 5.32 Å². The number of amides is 1. The van der Waals surface area contributed by atoms with Crippen molar-refractivity contribution in [1.29, 1.82) is 5.53 Å². The van der Waals surface area contributed by atoms with Gasteiger partial charge in [0.1, 0.15) is 0 Å². The van der Waals surface area contributed by atoms with Gasteiger partial charge in [-0.25, -0.2) is 10.5 Å². The Morgan fingerprint density at radius 2 is 1.90 bits per heavy atom. The van der Waals surface area contributed by atoms with Crippen molar-refractivity contribution < 1.29 is 9.59 Å². The number of hydrogen-bond acceptors (Lipinski definition) is 7. The minimum Gasteiger partial charge on any atom is -0.352 e. The number of rotatable bonds is 13. The van der Waals surface area contributed by atoms with Crippen LogP contribution in [0.2, 0.25) is 0 Å². The van der Waals surface area contributed by atoms with Crippen LogP contribution in [0, 0.1) is 5.53 Å². The van der Waals surface area contributed by atoms with Crippen LogP contribution in [0.1, 0.15) is 52.8 Å². The van der Waals surface area contributed by atoms with Crippen molar-refractivity contribution in [3.05, 3.63) is 54.0 Å². The SMILES string of the molecule is CN(CCCCCC(=O)c1cccnc1)CCCNC(=O)c1ccc(N=N)nc1. The highest BCUT2D eigenvalue weighted by Crippen LogP contribution is 2.08. The minimum absolute atomic E-state index is 0.154. The summed E-state index contributed by atoms with van der Waals surface area (Å²) in [5, 5.41) is 6.08. The first-order valence-electron chi connectivity index (χ1n) is 9.83. The Bertz CT molecular complexity index is 780. The molecule has 2 rings (SSSR count). The summed E-state index contributed by atoms with van der Waals surface area (Å²) in [5.41, 5.74) is 8.01. The fraction of sp³-hybridized carbons (Fsp3) is 0.429. The van der Waals surface area contributed by atoms with Crippen molar-refractivity contribution in [2.75, 3.05) is 26.7 Å². The zero-order valence-corrected chi connectivity index (χ0v) is 16.8. The molecule has 0 spiro atoms. The molecule has 0 fully saturated rings. The molecule has 29 heavy (non-hydrogen) atoms. The highest BCUT2D eigenvalue weighted by molar-refractivity contribution is 5.95. The third kappa shape index (κ3) is 8.27. The van der Waals surface area contributed by atoms with Gasteiger partial charge in [0.15, 0.2) is 11.6 Å². The number of unbranched alkanes of at least 4 members (excludes halogenated alkanes) is 2. The van der Waals surface area contributed by atoms with Crippen molar-refractivity contribution in [3.63, 3.8) is 0 Å². The van der Waals surface area contributed by atoms with E-state index in [1.54, 1.807) is 36.7 Å². The lowest BCUT2D eigenvalue weighted by molar-refractivity contribution is 0.0949. The first kappa shape index (κ1) is 22.3. The lowest BCUT2D eigenvalue weighted by Crippen LogP contribution is -2.28. The third-order valence-electron chi connectivity index (χ3n) is 4.55. The van der Waals surface area contributed by atoms with Gasteiger partial charge in [-0.1, -0.05) is 6.42 Å². The van der Waals surface area contributed by atoms with Crippen LogP contribution in [0.25, 0.3) is 0 Å². The molecule has 0 saturated carbocycles. The number of hydrogen-bond donors (Lipinski definition) is 2. The van der Waals surface area contributed by atoms with E-state index in [0.717, 1.165) is 38.8 Å². The zero-order chi connectivity index (χ0) is 20.9. The van der Waals surface area contributed by atoms with Gasteiger partial charge in [-0.05, 0) is 63.7 Å². The monoisotopic (exact) mass is 396 g/mol. The predicted molar refractivity (Wildman–Crippen MR) is 111 cm³/mol. The van der Waals surface area contributed by atoms with Gasteiger partial charge in [-0.3, -0.25) is 14.6 Å². The Labute approximate surface area is 171 Å². The molecule has 0 bridgehead atoms. The van der Waals surface area contributed by atoms with E-state index < -0.39 is 0 Å². The molecule has 2 aromatic rings. The van der Waals surface area contributed by atoms with Crippen LogP contribution in [0.3, 0.4) is 0 Å². The molecule has 0 aliphatic heterocycles. The van der Waals surface area contributed by atoms with Gasteiger partial charge < -0.3 is 10.2 Å². The predicted octanol–water partition coefficient (Wildman–Crippen LogP) is 3.63. The molecule has 154 valence electrons. The largest absolute Gasteiger partial charge is 0.352 e. The summed E-state index contributed by atoms with van der Waals surface area (Å²) in [6, 6.07) is 6.74. The number of nitrogens with zero attached hydrogens (tertiary/aromatic N) is 4. The van der Waals surface area contributed by atoms with Crippen LogP contribution in [0.4, 0.5) is 5.82 Å². The van der Waals surface area contributed by atoms with E-state index in [0.29, 0.717) is 24.1 Å². The van der Waals surface area contributed by atoms with Crippen molar-refractivity contribution in [1.82, 2.24) is 20.2 Å². The van der Waals surface area contributed by atoms with Gasteiger partial charge in [0.25, 0.3) is 5.91 Å². The average Bonchev–Trinajstić information content (AvgIpc) is 2.76. The first-order valence-corrected chi connectivity index (χ1v) is 9.83. The van der Waals surface area contributed by atoms with Gasteiger partial charge >= 0.3 is 0 Å². The molecule has 0 aliphatic carbocycles. The molecular formula is C21H28N6O2. The highest BCUT2D eigenvalue weighted by atomic mass is 16.1. The Morgan fingerprint density at radius 1 is 1.07 bits per heavy atom. The minimum atomic E-state index is -0.171. The Kier molecular flexibility index (Phi) is 9.57. The molecule has 0 unspecified atom stereocenters. The summed E-state index contributed by atoms with van der Waals surface area (Å²) < 4.78 is 0. The third-order valence-corrected chi connectivity index (χ3v) is 4.55. The molecule has 0 radical (unpaired) electrons. The van der Waals surface area contributed by atoms with Gasteiger partial charge in [0, 0.05) is 37.1 Å². The summed E-state index contributed by atoms with van der Waals surface area (Å²) in [6.07, 6.45) is 9.08. The van der Waals surface area contributed by atoms with Crippen LogP contribution in [0.15, 0.2) is 48.0 Å². The molecule has 0 aliphatic rings. The Balaban J connectivity index is 1.51. The maximum atomic E-state index is 12.0. The molecule has 2 heterocycles. The summed E-state index contributed by atoms with van der Waals surface area (Å²) in [7, 11) is 2.07. The molecule has 2 aromatic heterocycles. The maximum absolute atomic E-state index is 12.0. The van der Waals surface area contributed by atoms with Gasteiger partial charge in [0.2, 0.25) is 0 Å². The number of nitrogens with one attached hydrogen (secondary N) is 2. The zero-order valence-electron chi connectivity index (χ0n) is 16.8. The second kappa shape index (κ2) is 12.5. The lowest BCUT2D eigenvalue weighted by Gasteiger charge is -2.16. The fourth-order valence-electron chi connectivity index (χ4n) is 2.87. The van der Waals surface area contributed by atoms with Crippen molar-refractivity contribution >= 4 is 17.5 Å². The van der Waals surface area contributed by atoms with Gasteiger partial charge in [-0.2, -0.15) is 0 Å². The number of Topliss-reactive ketones (excluding diaryl/α,β-unsaturated/α-hetero) is 1. The summed E-state index contributed by atoms with van der Waals surface area (Å²) in [6.45, 7) is 2.45. The molecule has 0 aromatic carbocycles. The average molecular weight is 396 g/mol. The fourth-order valence-corrected chi connectivity index (χ4v) is 2.87. The van der Waals surface area contributed by atoms with Gasteiger partial charge in [0.05, 0.1) is 5.56 Å². The van der Waals surface area contributed by atoms with E-state index in [-0.39, 0.29) is 17.5 Å². The van der Waals surface area contributed by atoms with Crippen LogP contribution in [-0.2, 0) is 0 Å². The van der Waals surface area contributed by atoms with Crippen LogP contribution in [0.5, 0.6) is 0 Å². The van der Waals surface area contributed by atoms with E-state index >= 15 is 0 Å². The lowest BCUT2D eigenvalue weighted by atomic mass is 10.1. The maximum Gasteiger partial charge on any atom is 0.252 e. The molecule has 1 amide bonds. The molecule has 8 heteroatoms. The number of carbonyl (C=O) groups excluding carboxylic acids is 2. The van der Waals surface area contributed by atoms with Crippen molar-refractivity contribution in [3.8, 4) is 0 Å². The Morgan fingerprint density at radius 3 is 2.59 bits per heavy atom. The summed E-state index contributed by atoms with van der Waals surface area (Å²) in [5.74, 6) is 0.265.